The zero-order valence-corrected chi connectivity index (χ0v) is 22.6. The van der Waals surface area contributed by atoms with Gasteiger partial charge in [0.05, 0.1) is 5.54 Å². The average molecular weight is 499 g/mol. The number of hydrogen-bond donors (Lipinski definition) is 2. The third kappa shape index (κ3) is 3.85. The van der Waals surface area contributed by atoms with Crippen LogP contribution in [0.2, 0.25) is 0 Å². The molecule has 2 amide bonds. The molecule has 4 heteroatoms. The molecule has 4 aliphatic rings. The number of nitrogens with one attached hydrogen (secondary N) is 2. The van der Waals surface area contributed by atoms with Crippen LogP contribution in [0.4, 0.5) is 0 Å². The number of hydrogen-bond acceptors (Lipinski definition) is 2. The van der Waals surface area contributed by atoms with Gasteiger partial charge in [-0.15, -0.1) is 0 Å². The van der Waals surface area contributed by atoms with E-state index in [2.05, 4.69) is 79.9 Å². The van der Waals surface area contributed by atoms with Gasteiger partial charge in [0.25, 0.3) is 0 Å². The van der Waals surface area contributed by atoms with Crippen molar-refractivity contribution in [2.45, 2.75) is 83.7 Å². The molecule has 2 aromatic carbocycles. The lowest BCUT2D eigenvalue weighted by atomic mass is 9.47. The second-order valence-corrected chi connectivity index (χ2v) is 13.1. The fourth-order valence-corrected chi connectivity index (χ4v) is 9.32. The van der Waals surface area contributed by atoms with E-state index in [-0.39, 0.29) is 28.6 Å². The Balaban J connectivity index is 1.26. The molecule has 4 nitrogen and oxygen atoms in total. The van der Waals surface area contributed by atoms with Gasteiger partial charge in [-0.2, -0.15) is 0 Å². The maximum absolute atomic E-state index is 14.2. The first-order valence-corrected chi connectivity index (χ1v) is 14.5. The van der Waals surface area contributed by atoms with Crippen LogP contribution in [-0.4, -0.2) is 17.9 Å². The summed E-state index contributed by atoms with van der Waals surface area (Å²) < 4.78 is 0. The summed E-state index contributed by atoms with van der Waals surface area (Å²) in [5.74, 6) is 2.41. The molecule has 0 radical (unpaired) electrons. The van der Waals surface area contributed by atoms with Crippen LogP contribution in [0.1, 0.15) is 83.3 Å². The van der Waals surface area contributed by atoms with E-state index in [9.17, 15) is 9.59 Å². The van der Waals surface area contributed by atoms with Gasteiger partial charge in [0.1, 0.15) is 0 Å². The zero-order chi connectivity index (χ0) is 25.8. The van der Waals surface area contributed by atoms with Gasteiger partial charge in [-0.25, -0.2) is 0 Å². The molecule has 3 aliphatic carbocycles. The average Bonchev–Trinajstić information content (AvgIpc) is 3.27. The number of carbonyl (C=O) groups is 2. The molecule has 0 bridgehead atoms. The molecule has 0 spiro atoms. The van der Waals surface area contributed by atoms with Crippen LogP contribution in [0.25, 0.3) is 0 Å². The molecule has 2 aromatic rings. The van der Waals surface area contributed by atoms with Crippen LogP contribution in [0, 0.1) is 34.5 Å². The van der Waals surface area contributed by atoms with Gasteiger partial charge in [-0.3, -0.25) is 9.59 Å². The Hall–Kier alpha value is -2.62. The summed E-state index contributed by atoms with van der Waals surface area (Å²) in [6.45, 7) is 7.02. The molecule has 196 valence electrons. The van der Waals surface area contributed by atoms with E-state index < -0.39 is 5.54 Å². The summed E-state index contributed by atoms with van der Waals surface area (Å²) >= 11 is 0. The van der Waals surface area contributed by atoms with Gasteiger partial charge < -0.3 is 10.6 Å². The topological polar surface area (TPSA) is 58.2 Å². The van der Waals surface area contributed by atoms with Crippen molar-refractivity contribution in [2.24, 2.45) is 34.5 Å². The predicted molar refractivity (Wildman–Crippen MR) is 147 cm³/mol. The zero-order valence-electron chi connectivity index (χ0n) is 22.6. The van der Waals surface area contributed by atoms with Crippen molar-refractivity contribution in [1.29, 1.82) is 0 Å². The molecular formula is C33H42N2O2. The summed E-state index contributed by atoms with van der Waals surface area (Å²) in [6, 6.07) is 21.1. The Morgan fingerprint density at radius 2 is 1.46 bits per heavy atom. The number of carbonyl (C=O) groups excluding carboxylic acids is 2. The van der Waals surface area contributed by atoms with Crippen molar-refractivity contribution >= 4 is 11.8 Å². The molecule has 0 aromatic heterocycles. The van der Waals surface area contributed by atoms with Crippen molar-refractivity contribution in [3.05, 3.63) is 71.8 Å². The molecule has 1 aliphatic heterocycles. The summed E-state index contributed by atoms with van der Waals surface area (Å²) in [5, 5.41) is 6.91. The smallest absolute Gasteiger partial charge is 0.224 e. The first-order valence-electron chi connectivity index (χ1n) is 14.5. The molecule has 1 heterocycles. The van der Waals surface area contributed by atoms with Crippen LogP contribution in [0.3, 0.4) is 0 Å². The molecule has 3 saturated carbocycles. The minimum Gasteiger partial charge on any atom is -0.353 e. The Bertz CT molecular complexity index is 1120. The minimum atomic E-state index is -0.572. The Morgan fingerprint density at radius 1 is 0.838 bits per heavy atom. The monoisotopic (exact) mass is 498 g/mol. The van der Waals surface area contributed by atoms with E-state index in [4.69, 9.17) is 0 Å². The quantitative estimate of drug-likeness (QED) is 0.527. The van der Waals surface area contributed by atoms with Gasteiger partial charge in [-0.05, 0) is 91.6 Å². The van der Waals surface area contributed by atoms with Crippen molar-refractivity contribution < 1.29 is 9.59 Å². The van der Waals surface area contributed by atoms with E-state index in [1.165, 1.54) is 12.8 Å². The second kappa shape index (κ2) is 8.99. The minimum absolute atomic E-state index is 0.0423. The molecular weight excluding hydrogens is 456 g/mol. The summed E-state index contributed by atoms with van der Waals surface area (Å²) in [6.07, 6.45) is 8.38. The van der Waals surface area contributed by atoms with E-state index in [0.29, 0.717) is 30.2 Å². The van der Waals surface area contributed by atoms with E-state index in [1.54, 1.807) is 0 Å². The van der Waals surface area contributed by atoms with E-state index in [0.717, 1.165) is 43.2 Å². The Kier molecular flexibility index (Phi) is 6.00. The number of fused-ring (bicyclic) bond motifs is 5. The summed E-state index contributed by atoms with van der Waals surface area (Å²) in [7, 11) is 0. The highest BCUT2D eigenvalue weighted by Crippen LogP contribution is 2.65. The van der Waals surface area contributed by atoms with Gasteiger partial charge in [0.15, 0.2) is 0 Å². The highest BCUT2D eigenvalue weighted by Gasteiger charge is 2.61. The number of benzene rings is 2. The lowest BCUT2D eigenvalue weighted by Crippen LogP contribution is -2.61. The van der Waals surface area contributed by atoms with Crippen LogP contribution in [-0.2, 0) is 15.1 Å². The summed E-state index contributed by atoms with van der Waals surface area (Å²) in [5.41, 5.74) is 1.90. The maximum atomic E-state index is 14.2. The molecule has 7 atom stereocenters. The van der Waals surface area contributed by atoms with E-state index in [1.807, 2.05) is 12.1 Å². The van der Waals surface area contributed by atoms with Gasteiger partial charge in [-0.1, -0.05) is 74.5 Å². The van der Waals surface area contributed by atoms with Gasteiger partial charge in [0, 0.05) is 18.4 Å². The second-order valence-electron chi connectivity index (χ2n) is 13.1. The van der Waals surface area contributed by atoms with Crippen LogP contribution < -0.4 is 10.6 Å². The van der Waals surface area contributed by atoms with Gasteiger partial charge in [0.2, 0.25) is 11.8 Å². The van der Waals surface area contributed by atoms with Crippen molar-refractivity contribution in [2.75, 3.05) is 0 Å². The van der Waals surface area contributed by atoms with Gasteiger partial charge >= 0.3 is 0 Å². The van der Waals surface area contributed by atoms with Crippen molar-refractivity contribution in [3.63, 3.8) is 0 Å². The third-order valence-corrected chi connectivity index (χ3v) is 11.5. The molecule has 1 saturated heterocycles. The summed E-state index contributed by atoms with van der Waals surface area (Å²) in [4.78, 5) is 26.3. The third-order valence-electron chi connectivity index (χ3n) is 11.5. The molecule has 2 unspecified atom stereocenters. The molecule has 4 fully saturated rings. The van der Waals surface area contributed by atoms with Crippen LogP contribution in [0.15, 0.2) is 60.7 Å². The van der Waals surface area contributed by atoms with Crippen LogP contribution >= 0.6 is 0 Å². The Labute approximate surface area is 222 Å². The van der Waals surface area contributed by atoms with Crippen LogP contribution in [0.5, 0.6) is 0 Å². The maximum Gasteiger partial charge on any atom is 0.224 e. The number of rotatable bonds is 4. The highest BCUT2D eigenvalue weighted by atomic mass is 16.2. The van der Waals surface area contributed by atoms with E-state index >= 15 is 0 Å². The molecule has 2 N–H and O–H groups in total. The number of piperidine rings is 1. The first kappa shape index (κ1) is 24.7. The fourth-order valence-electron chi connectivity index (χ4n) is 9.32. The normalized spacial score (nSPS) is 37.1. The highest BCUT2D eigenvalue weighted by molar-refractivity contribution is 5.81. The fraction of sp³-hybridized carbons (Fsp3) is 0.576. The van der Waals surface area contributed by atoms with Crippen molar-refractivity contribution in [1.82, 2.24) is 10.6 Å². The Morgan fingerprint density at radius 3 is 2.11 bits per heavy atom. The standard InChI is InChI=1S/C33H42N2O2/c1-31-20-18-26-24(14-17-28-32(26,2)21-19-29(36)34-28)25(31)15-16-27(31)30(37)35-33(3,22-10-6-4-7-11-22)23-12-8-5-9-13-23/h4-13,24-28H,14-21H2,1-3H3,(H,34,36)(H,35,37)/t24-,25-,26+,27?,28?,31-,32+/m0/s1. The predicted octanol–water partition coefficient (Wildman–Crippen LogP) is 6.20. The lowest BCUT2D eigenvalue weighted by Gasteiger charge is -2.60. The first-order chi connectivity index (χ1) is 17.8. The lowest BCUT2D eigenvalue weighted by molar-refractivity contribution is -0.142. The van der Waals surface area contributed by atoms with Crippen molar-refractivity contribution in [3.8, 4) is 0 Å². The number of amides is 2. The largest absolute Gasteiger partial charge is 0.353 e. The molecule has 6 rings (SSSR count). The molecule has 37 heavy (non-hydrogen) atoms. The SMILES string of the molecule is CC(NC(=O)C1CC[C@H]2[C@@H]3CCC4NC(=O)CC[C@]4(C)[C@@H]3CC[C@]12C)(c1ccccc1)c1ccccc1.